The van der Waals surface area contributed by atoms with Gasteiger partial charge in [-0.05, 0) is 12.0 Å². The number of carbonyl (C=O) groups is 2. The lowest BCUT2D eigenvalue weighted by atomic mass is 10.2. The fourth-order valence-electron chi connectivity index (χ4n) is 2.07. The van der Waals surface area contributed by atoms with E-state index in [0.717, 1.165) is 5.56 Å². The Balaban J connectivity index is 1.81. The third kappa shape index (κ3) is 4.83. The minimum absolute atomic E-state index is 0.192. The molecule has 1 aliphatic rings. The zero-order valence-corrected chi connectivity index (χ0v) is 11.6. The molecule has 1 aromatic rings. The highest BCUT2D eigenvalue weighted by Gasteiger charge is 2.20. The number of carboxylic acid groups (broad SMARTS) is 1. The van der Waals surface area contributed by atoms with E-state index in [0.29, 0.717) is 13.0 Å². The third-order valence-electron chi connectivity index (χ3n) is 3.16. The molecular formula is C15H18N2O4. The van der Waals surface area contributed by atoms with Crippen molar-refractivity contribution < 1.29 is 19.4 Å². The Hall–Kier alpha value is -2.50. The van der Waals surface area contributed by atoms with Gasteiger partial charge in [0.2, 0.25) is 0 Å². The molecule has 0 saturated carbocycles. The molecule has 0 bridgehead atoms. The highest BCUT2D eigenvalue weighted by molar-refractivity contribution is 5.68. The van der Waals surface area contributed by atoms with Crippen LogP contribution in [0, 0.1) is 0 Å². The first-order valence-electron chi connectivity index (χ1n) is 6.75. The zero-order valence-electron chi connectivity index (χ0n) is 11.6. The number of rotatable bonds is 3. The van der Waals surface area contributed by atoms with Crippen LogP contribution in [0.2, 0.25) is 0 Å². The van der Waals surface area contributed by atoms with Crippen LogP contribution in [-0.4, -0.2) is 41.3 Å². The lowest BCUT2D eigenvalue weighted by Gasteiger charge is -2.22. The molecule has 0 aromatic heterocycles. The Bertz CT molecular complexity index is 516. The van der Waals surface area contributed by atoms with E-state index in [-0.39, 0.29) is 19.2 Å². The highest BCUT2D eigenvalue weighted by Crippen LogP contribution is 2.06. The van der Waals surface area contributed by atoms with Gasteiger partial charge in [0.05, 0.1) is 6.04 Å². The number of alkyl carbamates (subject to hydrolysis) is 1. The van der Waals surface area contributed by atoms with Gasteiger partial charge in [0.1, 0.15) is 6.61 Å². The molecule has 1 atom stereocenters. The maximum absolute atomic E-state index is 11.7. The molecule has 1 aromatic carbocycles. The molecule has 6 nitrogen and oxygen atoms in total. The molecule has 0 aliphatic carbocycles. The molecule has 2 amide bonds. The highest BCUT2D eigenvalue weighted by atomic mass is 16.5. The van der Waals surface area contributed by atoms with Crippen LogP contribution in [0.4, 0.5) is 9.59 Å². The summed E-state index contributed by atoms with van der Waals surface area (Å²) in [5.41, 5.74) is 0.903. The molecule has 21 heavy (non-hydrogen) atoms. The van der Waals surface area contributed by atoms with Crippen molar-refractivity contribution >= 4 is 12.2 Å². The quantitative estimate of drug-likeness (QED) is 0.837. The Labute approximate surface area is 123 Å². The molecule has 0 fully saturated rings. The van der Waals surface area contributed by atoms with Gasteiger partial charge < -0.3 is 20.1 Å². The van der Waals surface area contributed by atoms with E-state index in [9.17, 15) is 9.59 Å². The summed E-state index contributed by atoms with van der Waals surface area (Å²) in [7, 11) is 0. The summed E-state index contributed by atoms with van der Waals surface area (Å²) in [5.74, 6) is 0. The summed E-state index contributed by atoms with van der Waals surface area (Å²) >= 11 is 0. The number of nitrogens with zero attached hydrogens (tertiary/aromatic N) is 1. The zero-order chi connectivity index (χ0) is 15.1. The van der Waals surface area contributed by atoms with Crippen LogP contribution in [0.25, 0.3) is 0 Å². The normalized spacial score (nSPS) is 17.9. The minimum atomic E-state index is -0.994. The molecule has 0 radical (unpaired) electrons. The summed E-state index contributed by atoms with van der Waals surface area (Å²) in [6, 6.07) is 9.10. The van der Waals surface area contributed by atoms with Crippen molar-refractivity contribution in [3.63, 3.8) is 0 Å². The number of hydrogen-bond donors (Lipinski definition) is 2. The number of ether oxygens (including phenoxy) is 1. The smallest absolute Gasteiger partial charge is 0.407 e. The van der Waals surface area contributed by atoms with Crippen molar-refractivity contribution in [2.75, 3.05) is 13.1 Å². The maximum atomic E-state index is 11.7. The topological polar surface area (TPSA) is 78.9 Å². The van der Waals surface area contributed by atoms with Crippen molar-refractivity contribution in [2.24, 2.45) is 0 Å². The monoisotopic (exact) mass is 290 g/mol. The molecule has 0 saturated heterocycles. The van der Waals surface area contributed by atoms with E-state index in [2.05, 4.69) is 5.32 Å². The van der Waals surface area contributed by atoms with E-state index in [1.807, 2.05) is 36.4 Å². The number of carbonyl (C=O) groups excluding carboxylic acids is 1. The SMILES string of the molecule is O=C(N[C@@H]1CC=CCN(C(=O)O)C1)OCc1ccccc1. The Kier molecular flexibility index (Phi) is 5.20. The number of benzene rings is 1. The van der Waals surface area contributed by atoms with E-state index < -0.39 is 12.2 Å². The second-order valence-corrected chi connectivity index (χ2v) is 4.80. The molecule has 2 N–H and O–H groups in total. The fourth-order valence-corrected chi connectivity index (χ4v) is 2.07. The van der Waals surface area contributed by atoms with Crippen molar-refractivity contribution in [1.82, 2.24) is 10.2 Å². The molecule has 112 valence electrons. The predicted octanol–water partition coefficient (Wildman–Crippen LogP) is 2.22. The Morgan fingerprint density at radius 1 is 1.29 bits per heavy atom. The second-order valence-electron chi connectivity index (χ2n) is 4.80. The Morgan fingerprint density at radius 2 is 2.05 bits per heavy atom. The second kappa shape index (κ2) is 7.33. The van der Waals surface area contributed by atoms with E-state index in [1.165, 1.54) is 4.90 Å². The maximum Gasteiger partial charge on any atom is 0.407 e. The number of hydrogen-bond acceptors (Lipinski definition) is 3. The van der Waals surface area contributed by atoms with Crippen LogP contribution in [0.3, 0.4) is 0 Å². The minimum Gasteiger partial charge on any atom is -0.465 e. The van der Waals surface area contributed by atoms with Gasteiger partial charge in [0, 0.05) is 13.1 Å². The van der Waals surface area contributed by atoms with Gasteiger partial charge >= 0.3 is 12.2 Å². The molecule has 0 spiro atoms. The van der Waals surface area contributed by atoms with Crippen molar-refractivity contribution in [3.8, 4) is 0 Å². The predicted molar refractivity (Wildman–Crippen MR) is 76.9 cm³/mol. The van der Waals surface area contributed by atoms with E-state index in [1.54, 1.807) is 6.08 Å². The fraction of sp³-hybridized carbons (Fsp3) is 0.333. The van der Waals surface area contributed by atoms with Crippen molar-refractivity contribution in [1.29, 1.82) is 0 Å². The molecule has 2 rings (SSSR count). The first-order valence-corrected chi connectivity index (χ1v) is 6.75. The Morgan fingerprint density at radius 3 is 2.76 bits per heavy atom. The van der Waals surface area contributed by atoms with Crippen molar-refractivity contribution in [3.05, 3.63) is 48.0 Å². The lowest BCUT2D eigenvalue weighted by molar-refractivity contribution is 0.127. The van der Waals surface area contributed by atoms with Crippen molar-refractivity contribution in [2.45, 2.75) is 19.1 Å². The lowest BCUT2D eigenvalue weighted by Crippen LogP contribution is -2.44. The molecule has 6 heteroatoms. The molecule has 1 aliphatic heterocycles. The summed E-state index contributed by atoms with van der Waals surface area (Å²) in [5, 5.41) is 11.7. The number of nitrogens with one attached hydrogen (secondary N) is 1. The summed E-state index contributed by atoms with van der Waals surface area (Å²) in [6.07, 6.45) is 2.70. The molecule has 0 unspecified atom stereocenters. The molecule has 1 heterocycles. The van der Waals surface area contributed by atoms with Crippen LogP contribution in [0.15, 0.2) is 42.5 Å². The van der Waals surface area contributed by atoms with Gasteiger partial charge in [0.15, 0.2) is 0 Å². The van der Waals surface area contributed by atoms with Gasteiger partial charge in [-0.2, -0.15) is 0 Å². The van der Waals surface area contributed by atoms with E-state index in [4.69, 9.17) is 9.84 Å². The van der Waals surface area contributed by atoms with Crippen LogP contribution < -0.4 is 5.32 Å². The van der Waals surface area contributed by atoms with Crippen LogP contribution in [-0.2, 0) is 11.3 Å². The van der Waals surface area contributed by atoms with Gasteiger partial charge in [-0.25, -0.2) is 9.59 Å². The third-order valence-corrected chi connectivity index (χ3v) is 3.16. The summed E-state index contributed by atoms with van der Waals surface area (Å²) in [4.78, 5) is 24.0. The first kappa shape index (κ1) is 14.9. The van der Waals surface area contributed by atoms with Crippen LogP contribution in [0.1, 0.15) is 12.0 Å². The van der Waals surface area contributed by atoms with Crippen LogP contribution in [0.5, 0.6) is 0 Å². The van der Waals surface area contributed by atoms with Crippen LogP contribution >= 0.6 is 0 Å². The largest absolute Gasteiger partial charge is 0.465 e. The van der Waals surface area contributed by atoms with Gasteiger partial charge in [-0.3, -0.25) is 0 Å². The van der Waals surface area contributed by atoms with E-state index >= 15 is 0 Å². The average Bonchev–Trinajstić information content (AvgIpc) is 2.72. The standard InChI is InChI=1S/C15H18N2O4/c18-14(21-11-12-6-2-1-3-7-12)16-13-8-4-5-9-17(10-13)15(19)20/h1-7,13H,8-11H2,(H,16,18)(H,19,20)/t13-/m1/s1. The first-order chi connectivity index (χ1) is 10.1. The van der Waals surface area contributed by atoms with Gasteiger partial charge in [-0.15, -0.1) is 0 Å². The summed E-state index contributed by atoms with van der Waals surface area (Å²) in [6.45, 7) is 0.785. The van der Waals surface area contributed by atoms with Gasteiger partial charge in [0.25, 0.3) is 0 Å². The average molecular weight is 290 g/mol. The molecular weight excluding hydrogens is 272 g/mol. The van der Waals surface area contributed by atoms with Gasteiger partial charge in [-0.1, -0.05) is 42.5 Å². The number of amides is 2. The summed E-state index contributed by atoms with van der Waals surface area (Å²) < 4.78 is 5.13.